The van der Waals surface area contributed by atoms with E-state index in [1.54, 1.807) is 24.1 Å². The highest BCUT2D eigenvalue weighted by atomic mass is 19.1. The third-order valence-corrected chi connectivity index (χ3v) is 2.81. The second-order valence-electron chi connectivity index (χ2n) is 4.75. The van der Waals surface area contributed by atoms with E-state index in [1.165, 1.54) is 12.1 Å². The molecule has 100 valence electrons. The van der Waals surface area contributed by atoms with E-state index < -0.39 is 0 Å². The number of halogens is 1. The summed E-state index contributed by atoms with van der Waals surface area (Å²) in [6.07, 6.45) is 2.18. The zero-order valence-electron chi connectivity index (χ0n) is 11.0. The fraction of sp³-hybridized carbons (Fsp3) is 0.500. The van der Waals surface area contributed by atoms with Crippen molar-refractivity contribution in [2.45, 2.75) is 38.8 Å². The molecule has 0 spiro atoms. The lowest BCUT2D eigenvalue weighted by Gasteiger charge is -2.17. The highest BCUT2D eigenvalue weighted by Gasteiger charge is 2.09. The fourth-order valence-electron chi connectivity index (χ4n) is 1.72. The number of carbonyl (C=O) groups is 1. The Morgan fingerprint density at radius 1 is 1.39 bits per heavy atom. The largest absolute Gasteiger partial charge is 0.341 e. The van der Waals surface area contributed by atoms with Crippen molar-refractivity contribution in [1.29, 1.82) is 0 Å². The highest BCUT2D eigenvalue weighted by molar-refractivity contribution is 5.75. The van der Waals surface area contributed by atoms with E-state index in [9.17, 15) is 9.18 Å². The van der Waals surface area contributed by atoms with Crippen LogP contribution in [0.25, 0.3) is 0 Å². The van der Waals surface area contributed by atoms with Gasteiger partial charge >= 0.3 is 0 Å². The van der Waals surface area contributed by atoms with Crippen molar-refractivity contribution in [1.82, 2.24) is 4.90 Å². The predicted molar refractivity (Wildman–Crippen MR) is 70.4 cm³/mol. The SMILES string of the molecule is CC(N)CCCC(=O)N(C)Cc1ccc(F)cc1. The third-order valence-electron chi connectivity index (χ3n) is 2.81. The predicted octanol–water partition coefficient (Wildman–Crippen LogP) is 2.30. The number of nitrogens with two attached hydrogens (primary N) is 1. The first kappa shape index (κ1) is 14.6. The molecule has 18 heavy (non-hydrogen) atoms. The molecule has 0 aliphatic heterocycles. The van der Waals surface area contributed by atoms with E-state index in [-0.39, 0.29) is 17.8 Å². The van der Waals surface area contributed by atoms with Gasteiger partial charge in [-0.15, -0.1) is 0 Å². The Bertz CT molecular complexity index is 376. The minimum Gasteiger partial charge on any atom is -0.341 e. The van der Waals surface area contributed by atoms with E-state index in [1.807, 2.05) is 6.92 Å². The molecule has 0 saturated carbocycles. The molecule has 0 heterocycles. The lowest BCUT2D eigenvalue weighted by atomic mass is 10.1. The molecule has 0 aliphatic carbocycles. The van der Waals surface area contributed by atoms with Gasteiger partial charge in [-0.05, 0) is 37.5 Å². The zero-order chi connectivity index (χ0) is 13.5. The van der Waals surface area contributed by atoms with Gasteiger partial charge in [0.2, 0.25) is 5.91 Å². The molecule has 0 aromatic heterocycles. The van der Waals surface area contributed by atoms with Gasteiger partial charge in [-0.3, -0.25) is 4.79 Å². The van der Waals surface area contributed by atoms with Crippen molar-refractivity contribution in [3.8, 4) is 0 Å². The molecule has 1 amide bonds. The maximum atomic E-state index is 12.7. The standard InChI is InChI=1S/C14H21FN2O/c1-11(16)4-3-5-14(18)17(2)10-12-6-8-13(15)9-7-12/h6-9,11H,3-5,10,16H2,1-2H3. The number of hydrogen-bond acceptors (Lipinski definition) is 2. The van der Waals surface area contributed by atoms with Gasteiger partial charge in [0.1, 0.15) is 5.82 Å². The van der Waals surface area contributed by atoms with Crippen LogP contribution in [0.1, 0.15) is 31.7 Å². The molecule has 1 aromatic rings. The van der Waals surface area contributed by atoms with E-state index in [2.05, 4.69) is 0 Å². The summed E-state index contributed by atoms with van der Waals surface area (Å²) in [5.74, 6) is -0.162. The van der Waals surface area contributed by atoms with Gasteiger partial charge in [-0.2, -0.15) is 0 Å². The Balaban J connectivity index is 2.37. The summed E-state index contributed by atoms with van der Waals surface area (Å²) in [5, 5.41) is 0. The van der Waals surface area contributed by atoms with E-state index >= 15 is 0 Å². The molecule has 3 nitrogen and oxygen atoms in total. The lowest BCUT2D eigenvalue weighted by molar-refractivity contribution is -0.130. The molecule has 0 bridgehead atoms. The smallest absolute Gasteiger partial charge is 0.222 e. The summed E-state index contributed by atoms with van der Waals surface area (Å²) in [4.78, 5) is 13.5. The van der Waals surface area contributed by atoms with Crippen LogP contribution in [0.3, 0.4) is 0 Å². The van der Waals surface area contributed by atoms with Crippen molar-refractivity contribution >= 4 is 5.91 Å². The molecule has 1 aromatic carbocycles. The molecule has 0 fully saturated rings. The van der Waals surface area contributed by atoms with Crippen LogP contribution in [0, 0.1) is 5.82 Å². The summed E-state index contributed by atoms with van der Waals surface area (Å²) in [5.41, 5.74) is 6.56. The second kappa shape index (κ2) is 7.11. The summed E-state index contributed by atoms with van der Waals surface area (Å²) in [7, 11) is 1.76. The first-order valence-corrected chi connectivity index (χ1v) is 6.23. The van der Waals surface area contributed by atoms with Gasteiger partial charge < -0.3 is 10.6 Å². The van der Waals surface area contributed by atoms with Gasteiger partial charge in [-0.25, -0.2) is 4.39 Å². The van der Waals surface area contributed by atoms with Crippen LogP contribution in [0.4, 0.5) is 4.39 Å². The summed E-state index contributed by atoms with van der Waals surface area (Å²) >= 11 is 0. The third kappa shape index (κ3) is 5.27. The molecule has 2 N–H and O–H groups in total. The molecule has 0 saturated heterocycles. The monoisotopic (exact) mass is 252 g/mol. The Morgan fingerprint density at radius 2 is 2.00 bits per heavy atom. The van der Waals surface area contributed by atoms with Crippen molar-refractivity contribution in [2.75, 3.05) is 7.05 Å². The van der Waals surface area contributed by atoms with Gasteiger partial charge in [0.05, 0.1) is 0 Å². The van der Waals surface area contributed by atoms with Crippen molar-refractivity contribution in [3.05, 3.63) is 35.6 Å². The van der Waals surface area contributed by atoms with Crippen molar-refractivity contribution < 1.29 is 9.18 Å². The topological polar surface area (TPSA) is 46.3 Å². The Morgan fingerprint density at radius 3 is 2.56 bits per heavy atom. The molecule has 4 heteroatoms. The van der Waals surface area contributed by atoms with Crippen molar-refractivity contribution in [2.24, 2.45) is 5.73 Å². The fourth-order valence-corrected chi connectivity index (χ4v) is 1.72. The van der Waals surface area contributed by atoms with Gasteiger partial charge in [0.25, 0.3) is 0 Å². The molecule has 1 atom stereocenters. The zero-order valence-corrected chi connectivity index (χ0v) is 11.0. The summed E-state index contributed by atoms with van der Waals surface area (Å²) < 4.78 is 12.7. The molecule has 0 radical (unpaired) electrons. The average Bonchev–Trinajstić information content (AvgIpc) is 2.31. The second-order valence-corrected chi connectivity index (χ2v) is 4.75. The van der Waals surface area contributed by atoms with Gasteiger partial charge in [0.15, 0.2) is 0 Å². The lowest BCUT2D eigenvalue weighted by Crippen LogP contribution is -2.26. The van der Waals surface area contributed by atoms with Crippen LogP contribution < -0.4 is 5.73 Å². The Hall–Kier alpha value is -1.42. The van der Waals surface area contributed by atoms with Crippen molar-refractivity contribution in [3.63, 3.8) is 0 Å². The quantitative estimate of drug-likeness (QED) is 0.844. The van der Waals surface area contributed by atoms with E-state index in [4.69, 9.17) is 5.73 Å². The minimum atomic E-state index is -0.260. The number of rotatable bonds is 6. The van der Waals surface area contributed by atoms with Crippen LogP contribution in [-0.4, -0.2) is 23.9 Å². The Kier molecular flexibility index (Phi) is 5.78. The molecular formula is C14H21FN2O. The molecule has 0 aliphatic rings. The van der Waals surface area contributed by atoms with Crippen LogP contribution >= 0.6 is 0 Å². The first-order valence-electron chi connectivity index (χ1n) is 6.23. The highest BCUT2D eigenvalue weighted by Crippen LogP contribution is 2.08. The molecule has 1 rings (SSSR count). The van der Waals surface area contributed by atoms with E-state index in [0.717, 1.165) is 18.4 Å². The summed E-state index contributed by atoms with van der Waals surface area (Å²) in [6.45, 7) is 2.45. The van der Waals surface area contributed by atoms with E-state index in [0.29, 0.717) is 13.0 Å². The number of amides is 1. The Labute approximate surface area is 108 Å². The maximum absolute atomic E-state index is 12.7. The first-order chi connectivity index (χ1) is 8.49. The van der Waals surface area contributed by atoms with Crippen LogP contribution in [0.5, 0.6) is 0 Å². The van der Waals surface area contributed by atoms with Crippen LogP contribution in [-0.2, 0) is 11.3 Å². The number of nitrogens with zero attached hydrogens (tertiary/aromatic N) is 1. The van der Waals surface area contributed by atoms with Gasteiger partial charge in [0, 0.05) is 26.1 Å². The van der Waals surface area contributed by atoms with Crippen LogP contribution in [0.15, 0.2) is 24.3 Å². The molecular weight excluding hydrogens is 231 g/mol. The molecule has 1 unspecified atom stereocenters. The van der Waals surface area contributed by atoms with Crippen LogP contribution in [0.2, 0.25) is 0 Å². The average molecular weight is 252 g/mol. The number of benzene rings is 1. The maximum Gasteiger partial charge on any atom is 0.222 e. The summed E-state index contributed by atoms with van der Waals surface area (Å²) in [6, 6.07) is 6.34. The minimum absolute atomic E-state index is 0.0972. The number of carbonyl (C=O) groups excluding carboxylic acids is 1. The van der Waals surface area contributed by atoms with Gasteiger partial charge in [-0.1, -0.05) is 12.1 Å². The number of hydrogen-bond donors (Lipinski definition) is 1. The normalized spacial score (nSPS) is 12.2.